The van der Waals surface area contributed by atoms with Crippen molar-refractivity contribution in [1.29, 1.82) is 5.26 Å². The van der Waals surface area contributed by atoms with Gasteiger partial charge in [0.05, 0.1) is 5.56 Å². The Hall–Kier alpha value is -1.07. The zero-order chi connectivity index (χ0) is 9.71. The summed E-state index contributed by atoms with van der Waals surface area (Å²) in [5.74, 6) is 1.26. The first kappa shape index (κ1) is 8.26. The van der Waals surface area contributed by atoms with Crippen molar-refractivity contribution in [2.75, 3.05) is 0 Å². The van der Waals surface area contributed by atoms with E-state index in [2.05, 4.69) is 11.1 Å². The van der Waals surface area contributed by atoms with Gasteiger partial charge in [-0.3, -0.25) is 0 Å². The molecular formula is C11H9ClN2. The van der Waals surface area contributed by atoms with Gasteiger partial charge in [0.1, 0.15) is 11.2 Å². The average Bonchev–Trinajstić information content (AvgIpc) is 2.77. The SMILES string of the molecule is N#Cc1cc2c(nc1Cl)C1CCC2C1. The van der Waals surface area contributed by atoms with Crippen LogP contribution in [0.25, 0.3) is 0 Å². The predicted molar refractivity (Wildman–Crippen MR) is 53.3 cm³/mol. The molecule has 2 nitrogen and oxygen atoms in total. The number of hydrogen-bond donors (Lipinski definition) is 0. The minimum atomic E-state index is 0.374. The standard InChI is InChI=1S/C11H9ClN2/c12-11-8(5-13)4-9-6-1-2-7(3-6)10(9)14-11/h4,6-7H,1-3H2. The quantitative estimate of drug-likeness (QED) is 0.610. The number of aromatic nitrogens is 1. The summed E-state index contributed by atoms with van der Waals surface area (Å²) in [5, 5.41) is 9.22. The van der Waals surface area contributed by atoms with Gasteiger partial charge in [-0.25, -0.2) is 4.98 Å². The van der Waals surface area contributed by atoms with Crippen molar-refractivity contribution in [2.24, 2.45) is 0 Å². The van der Waals surface area contributed by atoms with Gasteiger partial charge in [-0.05, 0) is 36.8 Å². The number of hydrogen-bond acceptors (Lipinski definition) is 2. The molecule has 2 bridgehead atoms. The van der Waals surface area contributed by atoms with E-state index in [1.165, 1.54) is 24.8 Å². The molecule has 0 N–H and O–H groups in total. The van der Waals surface area contributed by atoms with Crippen molar-refractivity contribution in [2.45, 2.75) is 31.1 Å². The third-order valence-electron chi connectivity index (χ3n) is 3.42. The van der Waals surface area contributed by atoms with Crippen LogP contribution in [0.4, 0.5) is 0 Å². The van der Waals surface area contributed by atoms with Crippen molar-refractivity contribution in [1.82, 2.24) is 4.98 Å². The van der Waals surface area contributed by atoms with E-state index in [-0.39, 0.29) is 0 Å². The predicted octanol–water partition coefficient (Wildman–Crippen LogP) is 2.97. The lowest BCUT2D eigenvalue weighted by molar-refractivity contribution is 0.696. The van der Waals surface area contributed by atoms with Crippen LogP contribution in [0.5, 0.6) is 0 Å². The maximum atomic E-state index is 8.85. The van der Waals surface area contributed by atoms with Gasteiger partial charge in [-0.15, -0.1) is 0 Å². The lowest BCUT2D eigenvalue weighted by atomic mass is 9.95. The van der Waals surface area contributed by atoms with E-state index >= 15 is 0 Å². The van der Waals surface area contributed by atoms with E-state index in [1.807, 2.05) is 6.07 Å². The molecule has 0 amide bonds. The van der Waals surface area contributed by atoms with Crippen LogP contribution in [-0.2, 0) is 0 Å². The van der Waals surface area contributed by atoms with Gasteiger partial charge in [0.25, 0.3) is 0 Å². The van der Waals surface area contributed by atoms with Gasteiger partial charge in [0.2, 0.25) is 0 Å². The summed E-state index contributed by atoms with van der Waals surface area (Å²) in [6.07, 6.45) is 3.71. The number of nitriles is 1. The molecule has 0 aromatic carbocycles. The van der Waals surface area contributed by atoms with Crippen molar-refractivity contribution < 1.29 is 0 Å². The zero-order valence-electron chi connectivity index (χ0n) is 7.63. The molecule has 0 saturated heterocycles. The fourth-order valence-electron chi connectivity index (χ4n) is 2.76. The maximum Gasteiger partial charge on any atom is 0.147 e. The first-order chi connectivity index (χ1) is 6.79. The van der Waals surface area contributed by atoms with Gasteiger partial charge >= 0.3 is 0 Å². The van der Waals surface area contributed by atoms with E-state index in [4.69, 9.17) is 16.9 Å². The molecule has 0 spiro atoms. The molecule has 1 aromatic rings. The van der Waals surface area contributed by atoms with E-state index in [0.717, 1.165) is 5.69 Å². The Kier molecular flexibility index (Phi) is 1.60. The highest BCUT2D eigenvalue weighted by molar-refractivity contribution is 6.30. The molecule has 3 heteroatoms. The molecule has 70 valence electrons. The summed E-state index contributed by atoms with van der Waals surface area (Å²) in [6.45, 7) is 0. The summed E-state index contributed by atoms with van der Waals surface area (Å²) in [7, 11) is 0. The first-order valence-corrected chi connectivity index (χ1v) is 5.28. The Balaban J connectivity index is 2.22. The second-order valence-corrected chi connectivity index (χ2v) is 4.48. The molecule has 1 heterocycles. The van der Waals surface area contributed by atoms with E-state index < -0.39 is 0 Å². The lowest BCUT2D eigenvalue weighted by Crippen LogP contribution is -2.02. The second-order valence-electron chi connectivity index (χ2n) is 4.12. The Morgan fingerprint density at radius 2 is 2.21 bits per heavy atom. The van der Waals surface area contributed by atoms with Crippen LogP contribution >= 0.6 is 11.6 Å². The van der Waals surface area contributed by atoms with Gasteiger partial charge in [-0.2, -0.15) is 5.26 Å². The second kappa shape index (κ2) is 2.71. The maximum absolute atomic E-state index is 8.85. The van der Waals surface area contributed by atoms with Crippen LogP contribution in [0.2, 0.25) is 5.15 Å². The smallest absolute Gasteiger partial charge is 0.147 e. The van der Waals surface area contributed by atoms with Gasteiger partial charge < -0.3 is 0 Å². The van der Waals surface area contributed by atoms with Crippen molar-refractivity contribution >= 4 is 11.6 Å². The van der Waals surface area contributed by atoms with Crippen LogP contribution in [-0.4, -0.2) is 4.98 Å². The monoisotopic (exact) mass is 204 g/mol. The summed E-state index contributed by atoms with van der Waals surface area (Å²) >= 11 is 5.91. The lowest BCUT2D eigenvalue weighted by Gasteiger charge is -2.14. The molecule has 1 aromatic heterocycles. The average molecular weight is 205 g/mol. The van der Waals surface area contributed by atoms with Gasteiger partial charge in [0.15, 0.2) is 0 Å². The number of nitrogens with zero attached hydrogens (tertiary/aromatic N) is 2. The minimum Gasteiger partial charge on any atom is -0.239 e. The Morgan fingerprint density at radius 3 is 3.00 bits per heavy atom. The van der Waals surface area contributed by atoms with E-state index in [0.29, 0.717) is 22.6 Å². The Bertz CT molecular complexity index is 447. The Labute approximate surface area is 87.5 Å². The van der Waals surface area contributed by atoms with E-state index in [1.54, 1.807) is 0 Å². The third kappa shape index (κ3) is 0.936. The van der Waals surface area contributed by atoms with E-state index in [9.17, 15) is 0 Å². The number of pyridine rings is 1. The van der Waals surface area contributed by atoms with Crippen LogP contribution in [0.1, 0.15) is 47.9 Å². The van der Waals surface area contributed by atoms with Crippen LogP contribution < -0.4 is 0 Å². The van der Waals surface area contributed by atoms with Crippen molar-refractivity contribution in [3.63, 3.8) is 0 Å². The highest BCUT2D eigenvalue weighted by Gasteiger charge is 2.38. The fourth-order valence-corrected chi connectivity index (χ4v) is 2.95. The van der Waals surface area contributed by atoms with Crippen LogP contribution in [0, 0.1) is 11.3 Å². The highest BCUT2D eigenvalue weighted by Crippen LogP contribution is 2.52. The molecule has 2 unspecified atom stereocenters. The van der Waals surface area contributed by atoms with Crippen molar-refractivity contribution in [3.05, 3.63) is 28.0 Å². The molecule has 14 heavy (non-hydrogen) atoms. The molecule has 1 saturated carbocycles. The van der Waals surface area contributed by atoms with Gasteiger partial charge in [-0.1, -0.05) is 11.6 Å². The molecule has 0 aliphatic heterocycles. The molecule has 3 rings (SSSR count). The van der Waals surface area contributed by atoms with Crippen molar-refractivity contribution in [3.8, 4) is 6.07 Å². The highest BCUT2D eigenvalue weighted by atomic mass is 35.5. The molecule has 0 radical (unpaired) electrons. The number of halogens is 1. The molecule has 1 fully saturated rings. The first-order valence-electron chi connectivity index (χ1n) is 4.90. The minimum absolute atomic E-state index is 0.374. The number of rotatable bonds is 0. The normalized spacial score (nSPS) is 27.4. The van der Waals surface area contributed by atoms with Gasteiger partial charge in [0, 0.05) is 11.6 Å². The summed E-state index contributed by atoms with van der Waals surface area (Å²) in [6, 6.07) is 4.03. The summed E-state index contributed by atoms with van der Waals surface area (Å²) < 4.78 is 0. The molecule has 2 atom stereocenters. The largest absolute Gasteiger partial charge is 0.239 e. The topological polar surface area (TPSA) is 36.7 Å². The Morgan fingerprint density at radius 1 is 1.43 bits per heavy atom. The molecule has 2 aliphatic carbocycles. The van der Waals surface area contributed by atoms with Crippen LogP contribution in [0.3, 0.4) is 0 Å². The number of fused-ring (bicyclic) bond motifs is 5. The fraction of sp³-hybridized carbons (Fsp3) is 0.455. The zero-order valence-corrected chi connectivity index (χ0v) is 8.38. The summed E-state index contributed by atoms with van der Waals surface area (Å²) in [5.41, 5.74) is 2.96. The third-order valence-corrected chi connectivity index (χ3v) is 3.70. The van der Waals surface area contributed by atoms with Crippen LogP contribution in [0.15, 0.2) is 6.07 Å². The summed E-state index contributed by atoms with van der Waals surface area (Å²) in [4.78, 5) is 4.35. The molecular weight excluding hydrogens is 196 g/mol. The molecule has 2 aliphatic rings.